The molecule has 2 rings (SSSR count). The predicted molar refractivity (Wildman–Crippen MR) is 66.6 cm³/mol. The summed E-state index contributed by atoms with van der Waals surface area (Å²) in [5.41, 5.74) is 0.438. The minimum atomic E-state index is -0.932. The van der Waals surface area contributed by atoms with Crippen molar-refractivity contribution in [2.75, 3.05) is 26.8 Å². The molecule has 0 atom stereocenters. The van der Waals surface area contributed by atoms with Gasteiger partial charge in [-0.3, -0.25) is 9.59 Å². The summed E-state index contributed by atoms with van der Waals surface area (Å²) in [5, 5.41) is 8.58. The van der Waals surface area contributed by atoms with Crippen molar-refractivity contribution < 1.29 is 24.2 Å². The number of hydrogen-bond donors (Lipinski definition) is 1. The van der Waals surface area contributed by atoms with E-state index in [0.717, 1.165) is 0 Å². The summed E-state index contributed by atoms with van der Waals surface area (Å²) in [6.45, 7) is 0.926. The summed E-state index contributed by atoms with van der Waals surface area (Å²) in [4.78, 5) is 24.1. The molecule has 0 saturated heterocycles. The number of para-hydroxylation sites is 1. The van der Waals surface area contributed by atoms with Crippen LogP contribution in [0.4, 0.5) is 0 Å². The maximum absolute atomic E-state index is 12.1. The van der Waals surface area contributed by atoms with E-state index in [9.17, 15) is 9.59 Å². The molecular formula is C13H15NO5. The van der Waals surface area contributed by atoms with Crippen LogP contribution in [0.15, 0.2) is 18.2 Å². The number of likely N-dealkylation sites (N-methyl/N-ethyl adjacent to an activating group) is 1. The van der Waals surface area contributed by atoms with Crippen molar-refractivity contribution >= 4 is 11.9 Å². The molecule has 6 nitrogen and oxygen atoms in total. The topological polar surface area (TPSA) is 76.1 Å². The van der Waals surface area contributed by atoms with E-state index < -0.39 is 5.97 Å². The minimum absolute atomic E-state index is 0.0408. The molecule has 1 N–H and O–H groups in total. The van der Waals surface area contributed by atoms with Crippen molar-refractivity contribution in [1.29, 1.82) is 0 Å². The Balaban J connectivity index is 2.22. The summed E-state index contributed by atoms with van der Waals surface area (Å²) in [6.07, 6.45) is -0.0997. The molecule has 1 amide bonds. The van der Waals surface area contributed by atoms with Gasteiger partial charge < -0.3 is 19.5 Å². The SMILES string of the molecule is CN1CCOc2c(OCCC(=O)O)cccc2C1=O. The van der Waals surface area contributed by atoms with Crippen molar-refractivity contribution in [3.63, 3.8) is 0 Å². The third-order valence-electron chi connectivity index (χ3n) is 2.80. The average Bonchev–Trinajstić information content (AvgIpc) is 2.51. The number of carboxylic acid groups (broad SMARTS) is 1. The number of fused-ring (bicyclic) bond motifs is 1. The fraction of sp³-hybridized carbons (Fsp3) is 0.385. The van der Waals surface area contributed by atoms with Crippen LogP contribution in [-0.2, 0) is 4.79 Å². The second-order valence-corrected chi connectivity index (χ2v) is 4.20. The number of nitrogens with zero attached hydrogens (tertiary/aromatic N) is 1. The lowest BCUT2D eigenvalue weighted by molar-refractivity contribution is -0.137. The summed E-state index contributed by atoms with van der Waals surface area (Å²) in [5.74, 6) is -0.264. The van der Waals surface area contributed by atoms with Gasteiger partial charge in [-0.05, 0) is 12.1 Å². The first kappa shape index (κ1) is 13.2. The van der Waals surface area contributed by atoms with Gasteiger partial charge in [-0.2, -0.15) is 0 Å². The maximum atomic E-state index is 12.1. The summed E-state index contributed by atoms with van der Waals surface area (Å²) < 4.78 is 10.9. The number of hydrogen-bond acceptors (Lipinski definition) is 4. The third-order valence-corrected chi connectivity index (χ3v) is 2.80. The highest BCUT2D eigenvalue weighted by atomic mass is 16.5. The first-order valence-electron chi connectivity index (χ1n) is 5.95. The standard InChI is InChI=1S/C13H15NO5/c1-14-6-8-19-12-9(13(14)17)3-2-4-10(12)18-7-5-11(15)16/h2-4H,5-8H2,1H3,(H,15,16). The van der Waals surface area contributed by atoms with Crippen LogP contribution in [0.25, 0.3) is 0 Å². The lowest BCUT2D eigenvalue weighted by Crippen LogP contribution is -2.27. The van der Waals surface area contributed by atoms with Crippen molar-refractivity contribution in [1.82, 2.24) is 4.90 Å². The number of benzene rings is 1. The Morgan fingerprint density at radius 2 is 2.32 bits per heavy atom. The Labute approximate surface area is 110 Å². The number of ether oxygens (including phenoxy) is 2. The smallest absolute Gasteiger partial charge is 0.306 e. The van der Waals surface area contributed by atoms with Crippen molar-refractivity contribution in [3.8, 4) is 11.5 Å². The monoisotopic (exact) mass is 265 g/mol. The Morgan fingerprint density at radius 3 is 3.05 bits per heavy atom. The van der Waals surface area contributed by atoms with Gasteiger partial charge in [-0.25, -0.2) is 0 Å². The molecule has 1 heterocycles. The fourth-order valence-electron chi connectivity index (χ4n) is 1.79. The zero-order chi connectivity index (χ0) is 13.8. The Bertz CT molecular complexity index is 500. The Morgan fingerprint density at radius 1 is 1.53 bits per heavy atom. The summed E-state index contributed by atoms with van der Waals surface area (Å²) >= 11 is 0. The summed E-state index contributed by atoms with van der Waals surface area (Å²) in [6, 6.07) is 5.03. The second kappa shape index (κ2) is 5.60. The van der Waals surface area contributed by atoms with Crippen LogP contribution in [-0.4, -0.2) is 48.7 Å². The quantitative estimate of drug-likeness (QED) is 0.879. The molecule has 6 heteroatoms. The molecule has 0 spiro atoms. The number of rotatable bonds is 4. The zero-order valence-corrected chi connectivity index (χ0v) is 10.6. The molecule has 0 fully saturated rings. The molecular weight excluding hydrogens is 250 g/mol. The highest BCUT2D eigenvalue weighted by molar-refractivity contribution is 5.98. The minimum Gasteiger partial charge on any atom is -0.489 e. The van der Waals surface area contributed by atoms with Gasteiger partial charge in [0.1, 0.15) is 6.61 Å². The van der Waals surface area contributed by atoms with E-state index in [4.69, 9.17) is 14.6 Å². The number of carboxylic acids is 1. The van der Waals surface area contributed by atoms with E-state index >= 15 is 0 Å². The fourth-order valence-corrected chi connectivity index (χ4v) is 1.79. The van der Waals surface area contributed by atoms with Crippen molar-refractivity contribution in [2.45, 2.75) is 6.42 Å². The van der Waals surface area contributed by atoms with Gasteiger partial charge in [-0.1, -0.05) is 6.07 Å². The normalized spacial score (nSPS) is 14.4. The van der Waals surface area contributed by atoms with Crippen LogP contribution in [0.5, 0.6) is 11.5 Å². The number of carbonyl (C=O) groups is 2. The van der Waals surface area contributed by atoms with Gasteiger partial charge in [0.05, 0.1) is 25.1 Å². The third kappa shape index (κ3) is 2.96. The molecule has 0 aromatic heterocycles. The molecule has 0 aliphatic carbocycles. The van der Waals surface area contributed by atoms with Gasteiger partial charge in [0.25, 0.3) is 5.91 Å². The van der Waals surface area contributed by atoms with Gasteiger partial charge in [-0.15, -0.1) is 0 Å². The second-order valence-electron chi connectivity index (χ2n) is 4.20. The largest absolute Gasteiger partial charge is 0.489 e. The molecule has 19 heavy (non-hydrogen) atoms. The first-order valence-corrected chi connectivity index (χ1v) is 5.95. The van der Waals surface area contributed by atoms with Crippen molar-refractivity contribution in [3.05, 3.63) is 23.8 Å². The predicted octanol–water partition coefficient (Wildman–Crippen LogP) is 1.00. The number of carbonyl (C=O) groups excluding carboxylic acids is 1. The lowest BCUT2D eigenvalue weighted by Gasteiger charge is -2.13. The van der Waals surface area contributed by atoms with E-state index in [1.54, 1.807) is 30.1 Å². The molecule has 0 bridgehead atoms. The van der Waals surface area contributed by atoms with Gasteiger partial charge in [0.15, 0.2) is 11.5 Å². The molecule has 0 unspecified atom stereocenters. The highest BCUT2D eigenvalue weighted by Gasteiger charge is 2.23. The maximum Gasteiger partial charge on any atom is 0.306 e. The molecule has 102 valence electrons. The van der Waals surface area contributed by atoms with Crippen LogP contribution in [0, 0.1) is 0 Å². The van der Waals surface area contributed by atoms with Crippen LogP contribution in [0.3, 0.4) is 0 Å². The molecule has 1 aromatic carbocycles. The molecule has 0 radical (unpaired) electrons. The average molecular weight is 265 g/mol. The van der Waals surface area contributed by atoms with Gasteiger partial charge >= 0.3 is 5.97 Å². The van der Waals surface area contributed by atoms with Crippen LogP contribution in [0.1, 0.15) is 16.8 Å². The molecule has 1 aliphatic heterocycles. The first-order chi connectivity index (χ1) is 9.09. The zero-order valence-electron chi connectivity index (χ0n) is 10.6. The van der Waals surface area contributed by atoms with Gasteiger partial charge in [0.2, 0.25) is 0 Å². The summed E-state index contributed by atoms with van der Waals surface area (Å²) in [7, 11) is 1.71. The number of amides is 1. The van der Waals surface area contributed by atoms with E-state index in [2.05, 4.69) is 0 Å². The lowest BCUT2D eigenvalue weighted by atomic mass is 10.1. The van der Waals surface area contributed by atoms with Crippen LogP contribution in [0.2, 0.25) is 0 Å². The highest BCUT2D eigenvalue weighted by Crippen LogP contribution is 2.33. The van der Waals surface area contributed by atoms with E-state index in [-0.39, 0.29) is 18.9 Å². The van der Waals surface area contributed by atoms with Crippen molar-refractivity contribution in [2.24, 2.45) is 0 Å². The van der Waals surface area contributed by atoms with E-state index in [0.29, 0.717) is 30.2 Å². The Hall–Kier alpha value is -2.24. The van der Waals surface area contributed by atoms with E-state index in [1.807, 2.05) is 0 Å². The molecule has 0 saturated carbocycles. The number of aliphatic carboxylic acids is 1. The van der Waals surface area contributed by atoms with Crippen LogP contribution < -0.4 is 9.47 Å². The molecule has 1 aromatic rings. The Kier molecular flexibility index (Phi) is 3.89. The van der Waals surface area contributed by atoms with Gasteiger partial charge in [0, 0.05) is 7.05 Å². The van der Waals surface area contributed by atoms with Crippen LogP contribution >= 0.6 is 0 Å². The molecule has 1 aliphatic rings. The van der Waals surface area contributed by atoms with E-state index in [1.165, 1.54) is 0 Å².